The summed E-state index contributed by atoms with van der Waals surface area (Å²) in [4.78, 5) is 30.7. The van der Waals surface area contributed by atoms with E-state index in [-0.39, 0.29) is 18.3 Å². The van der Waals surface area contributed by atoms with Crippen LogP contribution >= 0.6 is 0 Å². The SMILES string of the molecule is CCc1noc(CN2C(=O)N[C@@](CC)(c3ccc(OC)cc3)C2=O)n1. The van der Waals surface area contributed by atoms with E-state index in [0.717, 1.165) is 4.90 Å². The third-order valence-corrected chi connectivity index (χ3v) is 4.41. The molecule has 1 N–H and O–H groups in total. The van der Waals surface area contributed by atoms with E-state index < -0.39 is 11.6 Å². The fraction of sp³-hybridized carbons (Fsp3) is 0.412. The number of nitrogens with zero attached hydrogens (tertiary/aromatic N) is 3. The third-order valence-electron chi connectivity index (χ3n) is 4.41. The van der Waals surface area contributed by atoms with Crippen LogP contribution in [0.15, 0.2) is 28.8 Å². The van der Waals surface area contributed by atoms with E-state index in [1.54, 1.807) is 31.4 Å². The molecule has 0 radical (unpaired) electrons. The number of hydrogen-bond acceptors (Lipinski definition) is 6. The number of methoxy groups -OCH3 is 1. The average molecular weight is 344 g/mol. The van der Waals surface area contributed by atoms with Crippen molar-refractivity contribution in [1.29, 1.82) is 0 Å². The Morgan fingerprint density at radius 3 is 2.52 bits per heavy atom. The Balaban J connectivity index is 1.88. The normalized spacial score (nSPS) is 20.0. The lowest BCUT2D eigenvalue weighted by molar-refractivity contribution is -0.132. The number of carbonyl (C=O) groups is 2. The Morgan fingerprint density at radius 1 is 1.24 bits per heavy atom. The Morgan fingerprint density at radius 2 is 1.96 bits per heavy atom. The van der Waals surface area contributed by atoms with Crippen LogP contribution in [0.3, 0.4) is 0 Å². The zero-order chi connectivity index (χ0) is 18.0. The van der Waals surface area contributed by atoms with Gasteiger partial charge in [0.05, 0.1) is 7.11 Å². The first-order chi connectivity index (χ1) is 12.0. The molecule has 3 rings (SSSR count). The highest BCUT2D eigenvalue weighted by Gasteiger charge is 2.51. The van der Waals surface area contributed by atoms with Crippen molar-refractivity contribution in [3.63, 3.8) is 0 Å². The lowest BCUT2D eigenvalue weighted by Gasteiger charge is -2.25. The highest BCUT2D eigenvalue weighted by atomic mass is 16.5. The summed E-state index contributed by atoms with van der Waals surface area (Å²) < 4.78 is 10.2. The molecule has 1 aliphatic rings. The molecule has 25 heavy (non-hydrogen) atoms. The first kappa shape index (κ1) is 16.9. The lowest BCUT2D eigenvalue weighted by Crippen LogP contribution is -2.43. The van der Waals surface area contributed by atoms with Crippen LogP contribution in [0.5, 0.6) is 5.75 Å². The number of carbonyl (C=O) groups excluding carboxylic acids is 2. The van der Waals surface area contributed by atoms with Gasteiger partial charge in [-0.2, -0.15) is 4.98 Å². The minimum Gasteiger partial charge on any atom is -0.497 e. The summed E-state index contributed by atoms with van der Waals surface area (Å²) in [5.41, 5.74) is -0.395. The first-order valence-electron chi connectivity index (χ1n) is 8.14. The first-order valence-corrected chi connectivity index (χ1v) is 8.14. The molecule has 1 aliphatic heterocycles. The maximum absolute atomic E-state index is 13.0. The van der Waals surface area contributed by atoms with Crippen molar-refractivity contribution in [2.24, 2.45) is 0 Å². The minimum atomic E-state index is -1.10. The van der Waals surface area contributed by atoms with Gasteiger partial charge in [-0.25, -0.2) is 4.79 Å². The Labute approximate surface area is 145 Å². The number of amides is 3. The highest BCUT2D eigenvalue weighted by Crippen LogP contribution is 2.33. The van der Waals surface area contributed by atoms with E-state index >= 15 is 0 Å². The number of urea groups is 1. The van der Waals surface area contributed by atoms with Crippen LogP contribution in [0.25, 0.3) is 0 Å². The van der Waals surface area contributed by atoms with Crippen LogP contribution in [0, 0.1) is 0 Å². The van der Waals surface area contributed by atoms with Crippen LogP contribution in [0.4, 0.5) is 4.79 Å². The number of hydrogen-bond donors (Lipinski definition) is 1. The van der Waals surface area contributed by atoms with Crippen molar-refractivity contribution < 1.29 is 18.8 Å². The fourth-order valence-corrected chi connectivity index (χ4v) is 2.92. The van der Waals surface area contributed by atoms with Gasteiger partial charge in [-0.05, 0) is 24.1 Å². The summed E-state index contributed by atoms with van der Waals surface area (Å²) in [5.74, 6) is 1.13. The van der Waals surface area contributed by atoms with Crippen molar-refractivity contribution in [3.05, 3.63) is 41.5 Å². The number of nitrogens with one attached hydrogen (secondary N) is 1. The molecule has 2 heterocycles. The summed E-state index contributed by atoms with van der Waals surface area (Å²) in [6.45, 7) is 3.71. The predicted molar refractivity (Wildman–Crippen MR) is 87.7 cm³/mol. The second-order valence-electron chi connectivity index (χ2n) is 5.77. The summed E-state index contributed by atoms with van der Waals surface area (Å²) in [7, 11) is 1.57. The van der Waals surface area contributed by atoms with Crippen molar-refractivity contribution in [2.75, 3.05) is 7.11 Å². The minimum absolute atomic E-state index is 0.0461. The van der Waals surface area contributed by atoms with Gasteiger partial charge in [0, 0.05) is 6.42 Å². The number of imide groups is 1. The molecule has 1 saturated heterocycles. The molecule has 3 amide bonds. The van der Waals surface area contributed by atoms with E-state index in [2.05, 4.69) is 15.5 Å². The van der Waals surface area contributed by atoms with Gasteiger partial charge in [-0.3, -0.25) is 9.69 Å². The second-order valence-corrected chi connectivity index (χ2v) is 5.77. The largest absolute Gasteiger partial charge is 0.497 e. The van der Waals surface area contributed by atoms with Crippen LogP contribution in [-0.4, -0.2) is 34.1 Å². The summed E-state index contributed by atoms with van der Waals surface area (Å²) in [5, 5.41) is 6.61. The molecule has 132 valence electrons. The van der Waals surface area contributed by atoms with Crippen molar-refractivity contribution in [2.45, 2.75) is 38.8 Å². The van der Waals surface area contributed by atoms with Crippen LogP contribution in [0.2, 0.25) is 0 Å². The molecule has 0 unspecified atom stereocenters. The molecule has 1 fully saturated rings. The van der Waals surface area contributed by atoms with E-state index in [0.29, 0.717) is 30.0 Å². The van der Waals surface area contributed by atoms with Gasteiger partial charge >= 0.3 is 6.03 Å². The van der Waals surface area contributed by atoms with E-state index in [1.807, 2.05) is 13.8 Å². The quantitative estimate of drug-likeness (QED) is 0.805. The second kappa shape index (κ2) is 6.54. The number of ether oxygens (including phenoxy) is 1. The number of benzene rings is 1. The van der Waals surface area contributed by atoms with Gasteiger partial charge in [0.15, 0.2) is 5.82 Å². The zero-order valence-corrected chi connectivity index (χ0v) is 14.4. The lowest BCUT2D eigenvalue weighted by atomic mass is 9.87. The van der Waals surface area contributed by atoms with Gasteiger partial charge in [0.1, 0.15) is 17.8 Å². The molecule has 1 aromatic carbocycles. The molecule has 0 saturated carbocycles. The third kappa shape index (κ3) is 2.84. The topological polar surface area (TPSA) is 97.6 Å². The van der Waals surface area contributed by atoms with Crippen molar-refractivity contribution in [1.82, 2.24) is 20.4 Å². The number of rotatable bonds is 6. The highest BCUT2D eigenvalue weighted by molar-refractivity contribution is 6.07. The van der Waals surface area contributed by atoms with Gasteiger partial charge < -0.3 is 14.6 Å². The van der Waals surface area contributed by atoms with E-state index in [1.165, 1.54) is 0 Å². The van der Waals surface area contributed by atoms with E-state index in [4.69, 9.17) is 9.26 Å². The molecule has 8 nitrogen and oxygen atoms in total. The average Bonchev–Trinajstić information content (AvgIpc) is 3.20. The summed E-state index contributed by atoms with van der Waals surface area (Å²) >= 11 is 0. The molecule has 8 heteroatoms. The maximum Gasteiger partial charge on any atom is 0.325 e. The molecule has 0 bridgehead atoms. The van der Waals surface area contributed by atoms with E-state index in [9.17, 15) is 9.59 Å². The molecular weight excluding hydrogens is 324 g/mol. The number of aromatic nitrogens is 2. The molecule has 2 aromatic rings. The van der Waals surface area contributed by atoms with Gasteiger partial charge in [0.25, 0.3) is 5.91 Å². The molecule has 1 aromatic heterocycles. The van der Waals surface area contributed by atoms with Crippen molar-refractivity contribution >= 4 is 11.9 Å². The van der Waals surface area contributed by atoms with Crippen LogP contribution in [0.1, 0.15) is 37.5 Å². The summed E-state index contributed by atoms with van der Waals surface area (Å²) in [6.07, 6.45) is 1.04. The monoisotopic (exact) mass is 344 g/mol. The molecule has 1 atom stereocenters. The smallest absolute Gasteiger partial charge is 0.325 e. The molecule has 0 spiro atoms. The Kier molecular flexibility index (Phi) is 4.43. The van der Waals surface area contributed by atoms with Gasteiger partial charge in [-0.1, -0.05) is 31.1 Å². The van der Waals surface area contributed by atoms with Crippen LogP contribution < -0.4 is 10.1 Å². The van der Waals surface area contributed by atoms with Crippen molar-refractivity contribution in [3.8, 4) is 5.75 Å². The predicted octanol–water partition coefficient (Wildman–Crippen LogP) is 2.00. The Bertz CT molecular complexity index is 786. The number of aryl methyl sites for hydroxylation is 1. The summed E-state index contributed by atoms with van der Waals surface area (Å²) in [6, 6.07) is 6.62. The van der Waals surface area contributed by atoms with Gasteiger partial charge in [0.2, 0.25) is 5.89 Å². The zero-order valence-electron chi connectivity index (χ0n) is 14.4. The molecule has 0 aliphatic carbocycles. The van der Waals surface area contributed by atoms with Gasteiger partial charge in [-0.15, -0.1) is 0 Å². The fourth-order valence-electron chi connectivity index (χ4n) is 2.92. The Hall–Kier alpha value is -2.90. The van der Waals surface area contributed by atoms with Crippen LogP contribution in [-0.2, 0) is 23.3 Å². The standard InChI is InChI=1S/C17H20N4O4/c1-4-13-18-14(25-20-13)10-21-15(22)17(5-2,19-16(21)23)11-6-8-12(24-3)9-7-11/h6-9H,4-5,10H2,1-3H3,(H,19,23)/t17-/m0/s1. The molecular formula is C17H20N4O4. The maximum atomic E-state index is 13.0.